The number of carbonyl (C=O) groups is 1. The summed E-state index contributed by atoms with van der Waals surface area (Å²) in [6.07, 6.45) is 4.15. The number of benzene rings is 2. The third kappa shape index (κ3) is 4.32. The molecule has 0 spiro atoms. The van der Waals surface area contributed by atoms with Crippen LogP contribution < -0.4 is 0 Å². The fourth-order valence-corrected chi connectivity index (χ4v) is 2.17. The highest BCUT2D eigenvalue weighted by molar-refractivity contribution is 6.06. The third-order valence-corrected chi connectivity index (χ3v) is 3.23. The van der Waals surface area contributed by atoms with Crippen LogP contribution in [-0.2, 0) is 6.42 Å². The van der Waals surface area contributed by atoms with E-state index in [0.29, 0.717) is 17.0 Å². The molecule has 0 aliphatic heterocycles. The van der Waals surface area contributed by atoms with E-state index in [-0.39, 0.29) is 11.5 Å². The van der Waals surface area contributed by atoms with E-state index in [9.17, 15) is 9.90 Å². The lowest BCUT2D eigenvalue weighted by atomic mass is 10.0. The van der Waals surface area contributed by atoms with Gasteiger partial charge in [-0.05, 0) is 36.1 Å². The highest BCUT2D eigenvalue weighted by Crippen LogP contribution is 2.17. The number of rotatable bonds is 5. The molecule has 2 rings (SSSR count). The minimum Gasteiger partial charge on any atom is -0.507 e. The molecule has 1 N–H and O–H groups in total. The Kier molecular flexibility index (Phi) is 4.94. The molecule has 108 valence electrons. The third-order valence-electron chi connectivity index (χ3n) is 3.23. The van der Waals surface area contributed by atoms with Crippen LogP contribution in [0.4, 0.5) is 0 Å². The molecule has 2 heteroatoms. The van der Waals surface area contributed by atoms with Crippen molar-refractivity contribution in [1.82, 2.24) is 0 Å². The number of hydrogen-bond acceptors (Lipinski definition) is 2. The van der Waals surface area contributed by atoms with Crippen molar-refractivity contribution in [3.8, 4) is 5.75 Å². The molecule has 2 aromatic rings. The van der Waals surface area contributed by atoms with Gasteiger partial charge in [0.25, 0.3) is 0 Å². The lowest BCUT2D eigenvalue weighted by molar-refractivity contribution is 0.104. The fourth-order valence-electron chi connectivity index (χ4n) is 2.17. The first-order valence-corrected chi connectivity index (χ1v) is 7.15. The zero-order valence-corrected chi connectivity index (χ0v) is 12.4. The number of hydrogen-bond donors (Lipinski definition) is 1. The van der Waals surface area contributed by atoms with Gasteiger partial charge in [-0.25, -0.2) is 0 Å². The summed E-state index contributed by atoms with van der Waals surface area (Å²) in [5, 5.41) is 9.65. The van der Waals surface area contributed by atoms with Gasteiger partial charge in [0.05, 0.1) is 0 Å². The molecule has 0 radical (unpaired) electrons. The largest absolute Gasteiger partial charge is 0.507 e. The quantitative estimate of drug-likeness (QED) is 0.647. The first-order valence-electron chi connectivity index (χ1n) is 7.15. The molecule has 0 heterocycles. The number of ketones is 1. The van der Waals surface area contributed by atoms with E-state index in [1.165, 1.54) is 11.6 Å². The maximum atomic E-state index is 12.1. The Bertz CT molecular complexity index is 637. The Morgan fingerprint density at radius 1 is 1.10 bits per heavy atom. The lowest BCUT2D eigenvalue weighted by Crippen LogP contribution is -1.97. The fraction of sp³-hybridized carbons (Fsp3) is 0.211. The molecule has 0 aliphatic carbocycles. The van der Waals surface area contributed by atoms with Crippen molar-refractivity contribution in [3.63, 3.8) is 0 Å². The Balaban J connectivity index is 2.08. The van der Waals surface area contributed by atoms with Gasteiger partial charge in [-0.15, -0.1) is 0 Å². The first-order chi connectivity index (χ1) is 10.1. The van der Waals surface area contributed by atoms with Crippen LogP contribution in [0.25, 0.3) is 6.08 Å². The molecule has 0 bridgehead atoms. The molecule has 0 aromatic heterocycles. The molecular formula is C19H20O2. The second-order valence-corrected chi connectivity index (χ2v) is 5.55. The van der Waals surface area contributed by atoms with E-state index in [1.807, 2.05) is 30.3 Å². The zero-order valence-electron chi connectivity index (χ0n) is 12.4. The minimum atomic E-state index is -0.0608. The highest BCUT2D eigenvalue weighted by atomic mass is 16.3. The van der Waals surface area contributed by atoms with Gasteiger partial charge >= 0.3 is 0 Å². The molecular weight excluding hydrogens is 260 g/mol. The van der Waals surface area contributed by atoms with Crippen LogP contribution in [0.2, 0.25) is 0 Å². The minimum absolute atomic E-state index is 0.0608. The second-order valence-electron chi connectivity index (χ2n) is 5.55. The summed E-state index contributed by atoms with van der Waals surface area (Å²) in [4.78, 5) is 12.1. The zero-order chi connectivity index (χ0) is 15.2. The topological polar surface area (TPSA) is 37.3 Å². The summed E-state index contributed by atoms with van der Waals surface area (Å²) in [6, 6.07) is 14.7. The summed E-state index contributed by atoms with van der Waals surface area (Å²) in [5.74, 6) is 0.718. The van der Waals surface area contributed by atoms with Gasteiger partial charge in [0.1, 0.15) is 5.75 Å². The van der Waals surface area contributed by atoms with Gasteiger partial charge in [0.15, 0.2) is 5.78 Å². The summed E-state index contributed by atoms with van der Waals surface area (Å²) in [6.45, 7) is 4.35. The number of phenols is 1. The van der Waals surface area contributed by atoms with E-state index in [0.717, 1.165) is 6.42 Å². The Morgan fingerprint density at radius 2 is 1.76 bits per heavy atom. The molecule has 0 aliphatic rings. The van der Waals surface area contributed by atoms with Gasteiger partial charge in [0, 0.05) is 11.1 Å². The van der Waals surface area contributed by atoms with Crippen molar-refractivity contribution in [2.24, 2.45) is 5.92 Å². The monoisotopic (exact) mass is 280 g/mol. The molecule has 0 fully saturated rings. The predicted molar refractivity (Wildman–Crippen MR) is 86.5 cm³/mol. The van der Waals surface area contributed by atoms with Crippen molar-refractivity contribution in [3.05, 3.63) is 71.3 Å². The molecule has 0 amide bonds. The normalized spacial score (nSPS) is 11.2. The van der Waals surface area contributed by atoms with Gasteiger partial charge in [0.2, 0.25) is 0 Å². The summed E-state index contributed by atoms with van der Waals surface area (Å²) in [5.41, 5.74) is 2.54. The maximum absolute atomic E-state index is 12.1. The van der Waals surface area contributed by atoms with E-state index >= 15 is 0 Å². The van der Waals surface area contributed by atoms with Gasteiger partial charge in [-0.3, -0.25) is 4.79 Å². The molecule has 0 atom stereocenters. The van der Waals surface area contributed by atoms with Gasteiger partial charge < -0.3 is 5.11 Å². The van der Waals surface area contributed by atoms with E-state index in [1.54, 1.807) is 24.3 Å². The number of carbonyl (C=O) groups excluding carboxylic acids is 1. The second kappa shape index (κ2) is 6.89. The van der Waals surface area contributed by atoms with Gasteiger partial charge in [-0.1, -0.05) is 56.3 Å². The first kappa shape index (κ1) is 15.0. The maximum Gasteiger partial charge on any atom is 0.185 e. The molecule has 21 heavy (non-hydrogen) atoms. The van der Waals surface area contributed by atoms with Crippen LogP contribution in [0.5, 0.6) is 5.75 Å². The smallest absolute Gasteiger partial charge is 0.185 e. The number of allylic oxidation sites excluding steroid dienone is 1. The van der Waals surface area contributed by atoms with Crippen LogP contribution in [-0.4, -0.2) is 10.9 Å². The lowest BCUT2D eigenvalue weighted by Gasteiger charge is -2.05. The van der Waals surface area contributed by atoms with E-state index in [2.05, 4.69) is 13.8 Å². The number of aromatic hydroxyl groups is 1. The van der Waals surface area contributed by atoms with Gasteiger partial charge in [-0.2, -0.15) is 0 Å². The molecule has 2 aromatic carbocycles. The Labute approximate surface area is 125 Å². The van der Waals surface area contributed by atoms with Crippen LogP contribution in [0, 0.1) is 5.92 Å². The van der Waals surface area contributed by atoms with Crippen molar-refractivity contribution in [1.29, 1.82) is 0 Å². The average Bonchev–Trinajstić information content (AvgIpc) is 2.46. The molecule has 0 saturated carbocycles. The SMILES string of the molecule is CC(C)Cc1ccc(C(=O)/C=C/c2ccccc2O)cc1. The Hall–Kier alpha value is -2.35. The van der Waals surface area contributed by atoms with Crippen molar-refractivity contribution in [2.45, 2.75) is 20.3 Å². The Morgan fingerprint density at radius 3 is 2.38 bits per heavy atom. The van der Waals surface area contributed by atoms with Crippen LogP contribution in [0.1, 0.15) is 35.3 Å². The molecule has 0 unspecified atom stereocenters. The van der Waals surface area contributed by atoms with E-state index < -0.39 is 0 Å². The molecule has 2 nitrogen and oxygen atoms in total. The van der Waals surface area contributed by atoms with Crippen LogP contribution in [0.3, 0.4) is 0 Å². The van der Waals surface area contributed by atoms with Crippen molar-refractivity contribution in [2.75, 3.05) is 0 Å². The number of phenolic OH excluding ortho intramolecular Hbond substituents is 1. The van der Waals surface area contributed by atoms with Crippen LogP contribution >= 0.6 is 0 Å². The summed E-state index contributed by atoms with van der Waals surface area (Å²) < 4.78 is 0. The average molecular weight is 280 g/mol. The van der Waals surface area contributed by atoms with E-state index in [4.69, 9.17) is 0 Å². The summed E-state index contributed by atoms with van der Waals surface area (Å²) in [7, 11) is 0. The van der Waals surface area contributed by atoms with Crippen molar-refractivity contribution >= 4 is 11.9 Å². The predicted octanol–water partition coefficient (Wildman–Crippen LogP) is 4.49. The number of para-hydroxylation sites is 1. The standard InChI is InChI=1S/C19H20O2/c1-14(2)13-15-7-9-17(10-8-15)19(21)12-11-16-5-3-4-6-18(16)20/h3-12,14,20H,13H2,1-2H3/b12-11+. The van der Waals surface area contributed by atoms with Crippen molar-refractivity contribution < 1.29 is 9.90 Å². The summed E-state index contributed by atoms with van der Waals surface area (Å²) >= 11 is 0. The highest BCUT2D eigenvalue weighted by Gasteiger charge is 2.03. The van der Waals surface area contributed by atoms with Crippen LogP contribution in [0.15, 0.2) is 54.6 Å². The molecule has 0 saturated heterocycles.